The van der Waals surface area contributed by atoms with Crippen LogP contribution in [0.3, 0.4) is 0 Å². The molecule has 0 heterocycles. The van der Waals surface area contributed by atoms with Crippen LogP contribution in [0.25, 0.3) is 0 Å². The van der Waals surface area contributed by atoms with E-state index in [2.05, 4.69) is 4.74 Å². The van der Waals surface area contributed by atoms with Crippen molar-refractivity contribution in [2.75, 3.05) is 6.61 Å². The van der Waals surface area contributed by atoms with Gasteiger partial charge in [-0.2, -0.15) is 0 Å². The van der Waals surface area contributed by atoms with Crippen molar-refractivity contribution < 1.29 is 27.4 Å². The highest BCUT2D eigenvalue weighted by molar-refractivity contribution is 14.1. The molecule has 1 aromatic rings. The van der Waals surface area contributed by atoms with Gasteiger partial charge >= 0.3 is 12.3 Å². The zero-order valence-electron chi connectivity index (χ0n) is 8.68. The van der Waals surface area contributed by atoms with E-state index < -0.39 is 12.3 Å². The molecule has 0 fully saturated rings. The van der Waals surface area contributed by atoms with E-state index in [1.165, 1.54) is 6.07 Å². The maximum atomic E-state index is 11.9. The lowest BCUT2D eigenvalue weighted by Gasteiger charge is -2.10. The fourth-order valence-electron chi connectivity index (χ4n) is 1.07. The minimum Gasteiger partial charge on any atom is -0.462 e. The van der Waals surface area contributed by atoms with E-state index in [0.29, 0.717) is 3.57 Å². The molecule has 0 radical (unpaired) electrons. The molecule has 0 atom stereocenters. The summed E-state index contributed by atoms with van der Waals surface area (Å²) in [6, 6.07) is 3.43. The Kier molecular flexibility index (Phi) is 4.61. The summed E-state index contributed by atoms with van der Waals surface area (Å²) in [4.78, 5) is 11.4. The van der Waals surface area contributed by atoms with E-state index >= 15 is 0 Å². The number of ether oxygens (including phenoxy) is 2. The third-order valence-electron chi connectivity index (χ3n) is 1.67. The Morgan fingerprint density at radius 3 is 2.53 bits per heavy atom. The third kappa shape index (κ3) is 4.41. The van der Waals surface area contributed by atoms with Gasteiger partial charge in [0.25, 0.3) is 0 Å². The molecule has 0 bridgehead atoms. The number of hydrogen-bond acceptors (Lipinski definition) is 3. The molecule has 1 aromatic carbocycles. The molecule has 0 aromatic heterocycles. The van der Waals surface area contributed by atoms with Crippen LogP contribution in [0.2, 0.25) is 0 Å². The van der Waals surface area contributed by atoms with E-state index in [1.807, 2.05) is 0 Å². The van der Waals surface area contributed by atoms with Gasteiger partial charge in [-0.15, -0.1) is 13.2 Å². The van der Waals surface area contributed by atoms with Gasteiger partial charge in [-0.05, 0) is 47.7 Å². The number of benzene rings is 1. The van der Waals surface area contributed by atoms with Gasteiger partial charge in [0.1, 0.15) is 5.75 Å². The fraction of sp³-hybridized carbons (Fsp3) is 0.300. The molecule has 0 unspecified atom stereocenters. The zero-order valence-corrected chi connectivity index (χ0v) is 10.8. The number of halogens is 4. The van der Waals surface area contributed by atoms with Crippen molar-refractivity contribution in [3.8, 4) is 5.75 Å². The molecule has 3 nitrogen and oxygen atoms in total. The first kappa shape index (κ1) is 14.1. The number of alkyl halides is 3. The van der Waals surface area contributed by atoms with E-state index in [-0.39, 0.29) is 17.9 Å². The van der Waals surface area contributed by atoms with Crippen molar-refractivity contribution in [2.45, 2.75) is 13.3 Å². The largest absolute Gasteiger partial charge is 0.573 e. The summed E-state index contributed by atoms with van der Waals surface area (Å²) in [6.45, 7) is 1.85. The molecule has 94 valence electrons. The predicted molar refractivity (Wildman–Crippen MR) is 61.8 cm³/mol. The summed E-state index contributed by atoms with van der Waals surface area (Å²) >= 11 is 1.74. The maximum Gasteiger partial charge on any atom is 0.573 e. The normalized spacial score (nSPS) is 11.1. The van der Waals surface area contributed by atoms with Crippen LogP contribution in [-0.4, -0.2) is 18.9 Å². The Morgan fingerprint density at radius 1 is 1.41 bits per heavy atom. The van der Waals surface area contributed by atoms with Crippen LogP contribution >= 0.6 is 22.6 Å². The SMILES string of the molecule is CCOC(=O)c1ccc(OC(F)(F)F)cc1I. The lowest BCUT2D eigenvalue weighted by Crippen LogP contribution is -2.17. The summed E-state index contributed by atoms with van der Waals surface area (Å²) < 4.78 is 44.6. The van der Waals surface area contributed by atoms with Crippen LogP contribution in [0.15, 0.2) is 18.2 Å². The number of hydrogen-bond donors (Lipinski definition) is 0. The van der Waals surface area contributed by atoms with Crippen LogP contribution in [-0.2, 0) is 4.74 Å². The van der Waals surface area contributed by atoms with Gasteiger partial charge in [0.15, 0.2) is 0 Å². The molecule has 0 N–H and O–H groups in total. The topological polar surface area (TPSA) is 35.5 Å². The lowest BCUT2D eigenvalue weighted by molar-refractivity contribution is -0.274. The molecular formula is C10H8F3IO3. The van der Waals surface area contributed by atoms with Crippen LogP contribution in [0.5, 0.6) is 5.75 Å². The monoisotopic (exact) mass is 360 g/mol. The first-order valence-corrected chi connectivity index (χ1v) is 5.63. The molecule has 0 aliphatic heterocycles. The highest BCUT2D eigenvalue weighted by atomic mass is 127. The quantitative estimate of drug-likeness (QED) is 0.613. The molecule has 0 spiro atoms. The second-order valence-corrected chi connectivity index (χ2v) is 4.07. The predicted octanol–water partition coefficient (Wildman–Crippen LogP) is 3.37. The summed E-state index contributed by atoms with van der Waals surface area (Å²) in [5.41, 5.74) is 0.210. The Balaban J connectivity index is 2.90. The first-order valence-electron chi connectivity index (χ1n) is 4.56. The van der Waals surface area contributed by atoms with Crippen molar-refractivity contribution >= 4 is 28.6 Å². The van der Waals surface area contributed by atoms with Gasteiger partial charge in [-0.1, -0.05) is 0 Å². The number of esters is 1. The zero-order chi connectivity index (χ0) is 13.1. The van der Waals surface area contributed by atoms with Crippen LogP contribution < -0.4 is 4.74 Å². The number of rotatable bonds is 3. The van der Waals surface area contributed by atoms with E-state index in [0.717, 1.165) is 12.1 Å². The second-order valence-electron chi connectivity index (χ2n) is 2.91. The summed E-state index contributed by atoms with van der Waals surface area (Å²) in [5, 5.41) is 0. The second kappa shape index (κ2) is 5.56. The average molecular weight is 360 g/mol. The first-order chi connectivity index (χ1) is 7.83. The van der Waals surface area contributed by atoms with Crippen molar-refractivity contribution in [2.24, 2.45) is 0 Å². The van der Waals surface area contributed by atoms with Crippen molar-refractivity contribution in [3.63, 3.8) is 0 Å². The minimum absolute atomic E-state index is 0.204. The standard InChI is InChI=1S/C10H8F3IO3/c1-2-16-9(15)7-4-3-6(5-8(7)14)17-10(11,12)13/h3-5H,2H2,1H3. The van der Waals surface area contributed by atoms with Gasteiger partial charge in [0, 0.05) is 3.57 Å². The van der Waals surface area contributed by atoms with Crippen molar-refractivity contribution in [1.82, 2.24) is 0 Å². The molecule has 0 saturated heterocycles. The Labute approximate surface area is 109 Å². The molecule has 7 heteroatoms. The Hall–Kier alpha value is -0.990. The van der Waals surface area contributed by atoms with Crippen LogP contribution in [0.1, 0.15) is 17.3 Å². The maximum absolute atomic E-state index is 11.9. The molecular weight excluding hydrogens is 352 g/mol. The summed E-state index contributed by atoms with van der Waals surface area (Å²) in [7, 11) is 0. The number of carbonyl (C=O) groups excluding carboxylic acids is 1. The van der Waals surface area contributed by atoms with Crippen molar-refractivity contribution in [1.29, 1.82) is 0 Å². The fourth-order valence-corrected chi connectivity index (χ4v) is 1.77. The van der Waals surface area contributed by atoms with Gasteiger partial charge in [0.2, 0.25) is 0 Å². The third-order valence-corrected chi connectivity index (χ3v) is 2.56. The van der Waals surface area contributed by atoms with Gasteiger partial charge in [-0.25, -0.2) is 4.79 Å². The molecule has 0 amide bonds. The summed E-state index contributed by atoms with van der Waals surface area (Å²) in [5.74, 6) is -0.939. The number of carbonyl (C=O) groups is 1. The van der Waals surface area contributed by atoms with Gasteiger partial charge in [-0.3, -0.25) is 0 Å². The average Bonchev–Trinajstić information content (AvgIpc) is 2.15. The Morgan fingerprint density at radius 2 is 2.06 bits per heavy atom. The van der Waals surface area contributed by atoms with Crippen molar-refractivity contribution in [3.05, 3.63) is 27.3 Å². The molecule has 0 aliphatic rings. The van der Waals surface area contributed by atoms with E-state index in [4.69, 9.17) is 4.74 Å². The molecule has 0 saturated carbocycles. The van der Waals surface area contributed by atoms with Crippen LogP contribution in [0, 0.1) is 3.57 Å². The highest BCUT2D eigenvalue weighted by Crippen LogP contribution is 2.26. The molecule has 0 aliphatic carbocycles. The lowest BCUT2D eigenvalue weighted by atomic mass is 10.2. The Bertz CT molecular complexity index is 418. The molecule has 17 heavy (non-hydrogen) atoms. The minimum atomic E-state index is -4.74. The smallest absolute Gasteiger partial charge is 0.462 e. The van der Waals surface area contributed by atoms with Gasteiger partial charge < -0.3 is 9.47 Å². The summed E-state index contributed by atoms with van der Waals surface area (Å²) in [6.07, 6.45) is -4.74. The van der Waals surface area contributed by atoms with E-state index in [1.54, 1.807) is 29.5 Å². The molecule has 1 rings (SSSR count). The highest BCUT2D eigenvalue weighted by Gasteiger charge is 2.31. The van der Waals surface area contributed by atoms with Gasteiger partial charge in [0.05, 0.1) is 12.2 Å². The van der Waals surface area contributed by atoms with E-state index in [9.17, 15) is 18.0 Å². The van der Waals surface area contributed by atoms with Crippen LogP contribution in [0.4, 0.5) is 13.2 Å².